The molecule has 2 nitrogen and oxygen atoms in total. The number of hydrogen-bond donors (Lipinski definition) is 1. The van der Waals surface area contributed by atoms with E-state index >= 15 is 0 Å². The van der Waals surface area contributed by atoms with Crippen LogP contribution in [-0.4, -0.2) is 18.9 Å². The van der Waals surface area contributed by atoms with Gasteiger partial charge in [0.1, 0.15) is 0 Å². The second-order valence-electron chi connectivity index (χ2n) is 5.70. The first kappa shape index (κ1) is 11.9. The smallest absolute Gasteiger partial charge is 0.163 e. The molecule has 1 unspecified atom stereocenters. The van der Waals surface area contributed by atoms with Gasteiger partial charge in [0.2, 0.25) is 0 Å². The summed E-state index contributed by atoms with van der Waals surface area (Å²) in [5, 5.41) is 3.34. The molecular weight excluding hydrogens is 222 g/mol. The first-order valence-corrected chi connectivity index (χ1v) is 7.17. The Morgan fingerprint density at radius 3 is 2.72 bits per heavy atom. The highest BCUT2D eigenvalue weighted by Gasteiger charge is 2.25. The van der Waals surface area contributed by atoms with Crippen molar-refractivity contribution >= 4 is 5.78 Å². The van der Waals surface area contributed by atoms with Crippen molar-refractivity contribution in [2.45, 2.75) is 38.0 Å². The molecule has 1 saturated carbocycles. The van der Waals surface area contributed by atoms with Crippen molar-refractivity contribution in [3.63, 3.8) is 0 Å². The molecule has 0 bridgehead atoms. The van der Waals surface area contributed by atoms with Crippen molar-refractivity contribution in [2.24, 2.45) is 5.92 Å². The zero-order valence-corrected chi connectivity index (χ0v) is 10.8. The summed E-state index contributed by atoms with van der Waals surface area (Å²) in [6.45, 7) is 2.08. The predicted octanol–water partition coefficient (Wildman–Crippen LogP) is 3.14. The molecule has 1 aromatic rings. The van der Waals surface area contributed by atoms with Crippen LogP contribution >= 0.6 is 0 Å². The molecule has 1 aliphatic carbocycles. The third-order valence-electron chi connectivity index (χ3n) is 4.44. The second-order valence-corrected chi connectivity index (χ2v) is 5.70. The Kier molecular flexibility index (Phi) is 3.46. The van der Waals surface area contributed by atoms with E-state index in [2.05, 4.69) is 17.4 Å². The first-order chi connectivity index (χ1) is 8.84. The lowest BCUT2D eigenvalue weighted by Gasteiger charge is -2.27. The van der Waals surface area contributed by atoms with Crippen LogP contribution in [0.15, 0.2) is 24.3 Å². The topological polar surface area (TPSA) is 29.1 Å². The summed E-state index contributed by atoms with van der Waals surface area (Å²) in [5.41, 5.74) is 2.30. The summed E-state index contributed by atoms with van der Waals surface area (Å²) in [5.74, 6) is 1.55. The molecule has 1 aliphatic heterocycles. The minimum absolute atomic E-state index is 0.353. The average Bonchev–Trinajstić information content (AvgIpc) is 2.80. The third-order valence-corrected chi connectivity index (χ3v) is 4.44. The molecule has 1 N–H and O–H groups in total. The third kappa shape index (κ3) is 2.35. The molecule has 1 atom stereocenters. The van der Waals surface area contributed by atoms with Gasteiger partial charge in [0, 0.05) is 12.0 Å². The Morgan fingerprint density at radius 2 is 2.06 bits per heavy atom. The van der Waals surface area contributed by atoms with Crippen molar-refractivity contribution in [3.05, 3.63) is 35.4 Å². The van der Waals surface area contributed by atoms with E-state index < -0.39 is 0 Å². The van der Waals surface area contributed by atoms with Gasteiger partial charge in [-0.15, -0.1) is 0 Å². The molecule has 0 amide bonds. The highest BCUT2D eigenvalue weighted by atomic mass is 16.1. The van der Waals surface area contributed by atoms with E-state index in [1.54, 1.807) is 0 Å². The number of ketones is 1. The number of benzene rings is 1. The normalized spacial score (nSPS) is 23.9. The van der Waals surface area contributed by atoms with Gasteiger partial charge in [0.05, 0.1) is 0 Å². The number of nitrogens with one attached hydrogen (secondary N) is 1. The fourth-order valence-electron chi connectivity index (χ4n) is 3.09. The van der Waals surface area contributed by atoms with Crippen molar-refractivity contribution in [1.29, 1.82) is 0 Å². The van der Waals surface area contributed by atoms with E-state index in [-0.39, 0.29) is 0 Å². The summed E-state index contributed by atoms with van der Waals surface area (Å²) < 4.78 is 0. The van der Waals surface area contributed by atoms with E-state index in [9.17, 15) is 4.79 Å². The summed E-state index contributed by atoms with van der Waals surface area (Å²) >= 11 is 0. The highest BCUT2D eigenvalue weighted by Crippen LogP contribution is 2.38. The van der Waals surface area contributed by atoms with Gasteiger partial charge >= 0.3 is 0 Å². The molecule has 0 radical (unpaired) electrons. The molecular formula is C16H21NO. The Labute approximate surface area is 109 Å². The molecule has 0 aromatic heterocycles. The lowest BCUT2D eigenvalue weighted by molar-refractivity contribution is 0.0962. The minimum Gasteiger partial charge on any atom is -0.316 e. The van der Waals surface area contributed by atoms with Crippen LogP contribution in [0.3, 0.4) is 0 Å². The Hall–Kier alpha value is -1.15. The molecule has 1 aromatic carbocycles. The van der Waals surface area contributed by atoms with Gasteiger partial charge in [-0.3, -0.25) is 4.79 Å². The molecule has 0 spiro atoms. The van der Waals surface area contributed by atoms with E-state index in [1.807, 2.05) is 12.1 Å². The average molecular weight is 243 g/mol. The Balaban J connectivity index is 1.75. The van der Waals surface area contributed by atoms with Crippen LogP contribution in [0.2, 0.25) is 0 Å². The van der Waals surface area contributed by atoms with Gasteiger partial charge in [0.15, 0.2) is 5.78 Å². The fraction of sp³-hybridized carbons (Fsp3) is 0.562. The zero-order chi connectivity index (χ0) is 12.4. The molecule has 96 valence electrons. The molecule has 2 heteroatoms. The van der Waals surface area contributed by atoms with Gasteiger partial charge in [-0.25, -0.2) is 0 Å². The summed E-state index contributed by atoms with van der Waals surface area (Å²) in [6, 6.07) is 8.26. The molecule has 18 heavy (non-hydrogen) atoms. The molecule has 2 fully saturated rings. The fourth-order valence-corrected chi connectivity index (χ4v) is 3.09. The Morgan fingerprint density at radius 1 is 1.22 bits per heavy atom. The number of hydrogen-bond acceptors (Lipinski definition) is 2. The van der Waals surface area contributed by atoms with E-state index in [4.69, 9.17) is 0 Å². The SMILES string of the molecule is O=C(CC1CCNC1)c1ccccc1C1CCC1. The van der Waals surface area contributed by atoms with Crippen molar-refractivity contribution in [3.8, 4) is 0 Å². The molecule has 2 aliphatic rings. The van der Waals surface area contributed by atoms with E-state index in [0.29, 0.717) is 17.6 Å². The lowest BCUT2D eigenvalue weighted by Crippen LogP contribution is -2.17. The molecule has 1 saturated heterocycles. The first-order valence-electron chi connectivity index (χ1n) is 7.17. The number of rotatable bonds is 4. The van der Waals surface area contributed by atoms with Crippen molar-refractivity contribution in [1.82, 2.24) is 5.32 Å². The summed E-state index contributed by atoms with van der Waals surface area (Å²) in [7, 11) is 0. The lowest BCUT2D eigenvalue weighted by atomic mass is 9.77. The number of carbonyl (C=O) groups excluding carboxylic acids is 1. The summed E-state index contributed by atoms with van der Waals surface area (Å²) in [4.78, 5) is 12.4. The van der Waals surface area contributed by atoms with Gasteiger partial charge in [-0.2, -0.15) is 0 Å². The zero-order valence-electron chi connectivity index (χ0n) is 10.8. The molecule has 3 rings (SSSR count). The maximum Gasteiger partial charge on any atom is 0.163 e. The van der Waals surface area contributed by atoms with Gasteiger partial charge in [-0.1, -0.05) is 30.7 Å². The van der Waals surface area contributed by atoms with Gasteiger partial charge in [-0.05, 0) is 49.8 Å². The largest absolute Gasteiger partial charge is 0.316 e. The van der Waals surface area contributed by atoms with Crippen LogP contribution < -0.4 is 5.32 Å². The molecule has 1 heterocycles. The van der Waals surface area contributed by atoms with Crippen LogP contribution in [0.25, 0.3) is 0 Å². The maximum absolute atomic E-state index is 12.4. The number of carbonyl (C=O) groups is 1. The predicted molar refractivity (Wildman–Crippen MR) is 73.0 cm³/mol. The maximum atomic E-state index is 12.4. The Bertz CT molecular complexity index is 430. The second kappa shape index (κ2) is 5.23. The standard InChI is InChI=1S/C16H21NO/c18-16(10-12-8-9-17-11-12)15-7-2-1-6-14(15)13-4-3-5-13/h1-2,6-7,12-13,17H,3-5,8-11H2. The van der Waals surface area contributed by atoms with E-state index in [0.717, 1.165) is 31.5 Å². The van der Waals surface area contributed by atoms with Crippen molar-refractivity contribution < 1.29 is 4.79 Å². The minimum atomic E-state index is 0.353. The van der Waals surface area contributed by atoms with Crippen molar-refractivity contribution in [2.75, 3.05) is 13.1 Å². The number of Topliss-reactive ketones (excluding diaryl/α,β-unsaturated/α-hetero) is 1. The van der Waals surface area contributed by atoms with Crippen LogP contribution in [-0.2, 0) is 0 Å². The monoisotopic (exact) mass is 243 g/mol. The van der Waals surface area contributed by atoms with Gasteiger partial charge in [0.25, 0.3) is 0 Å². The van der Waals surface area contributed by atoms with Crippen LogP contribution in [0, 0.1) is 5.92 Å². The quantitative estimate of drug-likeness (QED) is 0.823. The summed E-state index contributed by atoms with van der Waals surface area (Å²) in [6.07, 6.45) is 5.71. The van der Waals surface area contributed by atoms with E-state index in [1.165, 1.54) is 24.8 Å². The van der Waals surface area contributed by atoms with Crippen LogP contribution in [0.1, 0.15) is 53.9 Å². The highest BCUT2D eigenvalue weighted by molar-refractivity contribution is 5.97. The van der Waals surface area contributed by atoms with Gasteiger partial charge < -0.3 is 5.32 Å². The van der Waals surface area contributed by atoms with Crippen LogP contribution in [0.5, 0.6) is 0 Å². The van der Waals surface area contributed by atoms with Crippen LogP contribution in [0.4, 0.5) is 0 Å².